The molecule has 1 saturated heterocycles. The molecular weight excluding hydrogens is 302 g/mol. The molecule has 6 heteroatoms. The Balaban J connectivity index is 1.88. The first-order valence-corrected chi connectivity index (χ1v) is 7.56. The second-order valence-corrected chi connectivity index (χ2v) is 6.74. The summed E-state index contributed by atoms with van der Waals surface area (Å²) < 4.78 is 5.30. The Morgan fingerprint density at radius 3 is 2.64 bits per heavy atom. The molecule has 22 heavy (non-hydrogen) atoms. The maximum Gasteiger partial charge on any atom is 0.410 e. The number of carbonyl (C=O) groups is 1. The zero-order valence-electron chi connectivity index (χ0n) is 13.0. The van der Waals surface area contributed by atoms with Crippen molar-refractivity contribution in [3.05, 3.63) is 34.9 Å². The minimum absolute atomic E-state index is 0.0634. The summed E-state index contributed by atoms with van der Waals surface area (Å²) in [6.07, 6.45) is -0.322. The van der Waals surface area contributed by atoms with Crippen molar-refractivity contribution in [2.75, 3.05) is 13.1 Å². The fourth-order valence-corrected chi connectivity index (χ4v) is 2.45. The third-order valence-electron chi connectivity index (χ3n) is 3.28. The molecule has 1 atom stereocenters. The van der Waals surface area contributed by atoms with Gasteiger partial charge in [-0.25, -0.2) is 4.79 Å². The van der Waals surface area contributed by atoms with Gasteiger partial charge in [-0.15, -0.1) is 0 Å². The molecule has 0 radical (unpaired) electrons. The second-order valence-electron chi connectivity index (χ2n) is 6.33. The van der Waals surface area contributed by atoms with Gasteiger partial charge in [-0.1, -0.05) is 29.8 Å². The molecule has 1 heterocycles. The lowest BCUT2D eigenvalue weighted by atomic mass is 10.0. The van der Waals surface area contributed by atoms with Crippen LogP contribution < -0.4 is 5.32 Å². The van der Waals surface area contributed by atoms with E-state index >= 15 is 0 Å². The van der Waals surface area contributed by atoms with E-state index < -0.39 is 11.6 Å². The molecule has 0 aromatic heterocycles. The van der Waals surface area contributed by atoms with Gasteiger partial charge in [-0.05, 0) is 26.8 Å². The van der Waals surface area contributed by atoms with E-state index in [0.717, 1.165) is 5.56 Å². The number of carbonyl (C=O) groups excluding carboxylic acids is 1. The van der Waals surface area contributed by atoms with Crippen LogP contribution in [-0.4, -0.2) is 35.7 Å². The van der Waals surface area contributed by atoms with Gasteiger partial charge in [0.1, 0.15) is 11.6 Å². The predicted octanol–water partition coefficient (Wildman–Crippen LogP) is 3.11. The standard InChI is InChI=1S/C16H20ClN3O2/c1-16(2,3)22-15(21)20-9-11(10-20)19-14(8-18)12-6-4-5-7-13(12)17/h4-7,11,14,19H,9-10H2,1-3H3. The topological polar surface area (TPSA) is 65.4 Å². The fourth-order valence-electron chi connectivity index (χ4n) is 2.20. The highest BCUT2D eigenvalue weighted by Crippen LogP contribution is 2.24. The summed E-state index contributed by atoms with van der Waals surface area (Å²) in [5, 5.41) is 13.1. The molecule has 1 aliphatic rings. The quantitative estimate of drug-likeness (QED) is 0.929. The van der Waals surface area contributed by atoms with Crippen molar-refractivity contribution in [1.29, 1.82) is 5.26 Å². The summed E-state index contributed by atoms with van der Waals surface area (Å²) in [4.78, 5) is 13.5. The molecule has 1 aromatic rings. The molecule has 0 saturated carbocycles. The molecule has 1 unspecified atom stereocenters. The van der Waals surface area contributed by atoms with Crippen LogP contribution in [0.25, 0.3) is 0 Å². The van der Waals surface area contributed by atoms with Crippen LogP contribution in [0.2, 0.25) is 5.02 Å². The van der Waals surface area contributed by atoms with Gasteiger partial charge in [-0.3, -0.25) is 5.32 Å². The predicted molar refractivity (Wildman–Crippen MR) is 84.5 cm³/mol. The van der Waals surface area contributed by atoms with E-state index in [9.17, 15) is 10.1 Å². The lowest BCUT2D eigenvalue weighted by Crippen LogP contribution is -2.60. The van der Waals surface area contributed by atoms with Crippen molar-refractivity contribution < 1.29 is 9.53 Å². The minimum atomic E-state index is -0.498. The molecule has 0 aliphatic carbocycles. The average molecular weight is 322 g/mol. The number of likely N-dealkylation sites (tertiary alicyclic amines) is 1. The van der Waals surface area contributed by atoms with E-state index in [1.165, 1.54) is 0 Å². The molecular formula is C16H20ClN3O2. The third-order valence-corrected chi connectivity index (χ3v) is 3.63. The molecule has 0 bridgehead atoms. The number of nitrogens with zero attached hydrogens (tertiary/aromatic N) is 2. The van der Waals surface area contributed by atoms with Crippen molar-refractivity contribution in [3.63, 3.8) is 0 Å². The number of nitrogens with one attached hydrogen (secondary N) is 1. The average Bonchev–Trinajstić information content (AvgIpc) is 2.36. The maximum atomic E-state index is 11.9. The highest BCUT2D eigenvalue weighted by Gasteiger charge is 2.35. The summed E-state index contributed by atoms with van der Waals surface area (Å²) in [5.74, 6) is 0. The number of nitriles is 1. The molecule has 1 amide bonds. The largest absolute Gasteiger partial charge is 0.444 e. The number of ether oxygens (including phenoxy) is 1. The van der Waals surface area contributed by atoms with Gasteiger partial charge >= 0.3 is 6.09 Å². The van der Waals surface area contributed by atoms with E-state index in [1.54, 1.807) is 11.0 Å². The first kappa shape index (κ1) is 16.6. The normalized spacial score (nSPS) is 16.6. The van der Waals surface area contributed by atoms with Crippen LogP contribution in [0.4, 0.5) is 4.79 Å². The summed E-state index contributed by atoms with van der Waals surface area (Å²) in [6.45, 7) is 6.56. The number of hydrogen-bond acceptors (Lipinski definition) is 4. The SMILES string of the molecule is CC(C)(C)OC(=O)N1CC(NC(C#N)c2ccccc2Cl)C1. The van der Waals surface area contributed by atoms with Crippen molar-refractivity contribution in [3.8, 4) is 6.07 Å². The Morgan fingerprint density at radius 2 is 2.09 bits per heavy atom. The van der Waals surface area contributed by atoms with Gasteiger partial charge in [0.15, 0.2) is 0 Å². The minimum Gasteiger partial charge on any atom is -0.444 e. The molecule has 118 valence electrons. The monoisotopic (exact) mass is 321 g/mol. The Hall–Kier alpha value is -1.77. The van der Waals surface area contributed by atoms with Crippen molar-refractivity contribution >= 4 is 17.7 Å². The maximum absolute atomic E-state index is 11.9. The molecule has 2 rings (SSSR count). The van der Waals surface area contributed by atoms with Crippen LogP contribution >= 0.6 is 11.6 Å². The smallest absolute Gasteiger partial charge is 0.410 e. The van der Waals surface area contributed by atoms with Gasteiger partial charge in [0.2, 0.25) is 0 Å². The Bertz CT molecular complexity index is 586. The van der Waals surface area contributed by atoms with Crippen LogP contribution in [0.5, 0.6) is 0 Å². The number of amides is 1. The lowest BCUT2D eigenvalue weighted by Gasteiger charge is -2.41. The summed E-state index contributed by atoms with van der Waals surface area (Å²) in [7, 11) is 0. The molecule has 1 aliphatic heterocycles. The zero-order chi connectivity index (χ0) is 16.3. The number of hydrogen-bond donors (Lipinski definition) is 1. The lowest BCUT2D eigenvalue weighted by molar-refractivity contribution is 0.00475. The zero-order valence-corrected chi connectivity index (χ0v) is 13.7. The highest BCUT2D eigenvalue weighted by molar-refractivity contribution is 6.31. The Kier molecular flexibility index (Phi) is 4.94. The Morgan fingerprint density at radius 1 is 1.45 bits per heavy atom. The summed E-state index contributed by atoms with van der Waals surface area (Å²) in [6, 6.07) is 9.05. The van der Waals surface area contributed by atoms with Crippen LogP contribution in [0.15, 0.2) is 24.3 Å². The van der Waals surface area contributed by atoms with E-state index in [2.05, 4.69) is 11.4 Å². The fraction of sp³-hybridized carbons (Fsp3) is 0.500. The van der Waals surface area contributed by atoms with Gasteiger partial charge in [-0.2, -0.15) is 5.26 Å². The van der Waals surface area contributed by atoms with Gasteiger partial charge < -0.3 is 9.64 Å². The number of rotatable bonds is 3. The van der Waals surface area contributed by atoms with E-state index in [0.29, 0.717) is 18.1 Å². The molecule has 1 aromatic carbocycles. The van der Waals surface area contributed by atoms with E-state index in [4.69, 9.17) is 16.3 Å². The van der Waals surface area contributed by atoms with E-state index in [-0.39, 0.29) is 12.1 Å². The summed E-state index contributed by atoms with van der Waals surface area (Å²) in [5.41, 5.74) is 0.255. The van der Waals surface area contributed by atoms with Gasteiger partial charge in [0, 0.05) is 29.7 Å². The van der Waals surface area contributed by atoms with Crippen molar-refractivity contribution in [1.82, 2.24) is 10.2 Å². The van der Waals surface area contributed by atoms with Crippen molar-refractivity contribution in [2.45, 2.75) is 38.5 Å². The first-order valence-electron chi connectivity index (χ1n) is 7.18. The molecule has 1 fully saturated rings. The molecule has 1 N–H and O–H groups in total. The van der Waals surface area contributed by atoms with Crippen LogP contribution in [-0.2, 0) is 4.74 Å². The second kappa shape index (κ2) is 6.55. The summed E-state index contributed by atoms with van der Waals surface area (Å²) >= 11 is 6.12. The molecule has 5 nitrogen and oxygen atoms in total. The van der Waals surface area contributed by atoms with Gasteiger partial charge in [0.25, 0.3) is 0 Å². The van der Waals surface area contributed by atoms with Crippen LogP contribution in [0.3, 0.4) is 0 Å². The van der Waals surface area contributed by atoms with E-state index in [1.807, 2.05) is 39.0 Å². The highest BCUT2D eigenvalue weighted by atomic mass is 35.5. The van der Waals surface area contributed by atoms with Gasteiger partial charge in [0.05, 0.1) is 6.07 Å². The third kappa shape index (κ3) is 4.12. The number of benzene rings is 1. The van der Waals surface area contributed by atoms with Crippen molar-refractivity contribution in [2.24, 2.45) is 0 Å². The van der Waals surface area contributed by atoms with Crippen LogP contribution in [0, 0.1) is 11.3 Å². The van der Waals surface area contributed by atoms with Crippen LogP contribution in [0.1, 0.15) is 32.4 Å². The Labute approximate surface area is 135 Å². The molecule has 0 spiro atoms. The number of halogens is 1. The first-order chi connectivity index (χ1) is 10.3.